The summed E-state index contributed by atoms with van der Waals surface area (Å²) in [5, 5.41) is 4.61. The Morgan fingerprint density at radius 1 is 1.50 bits per heavy atom. The molecule has 1 unspecified atom stereocenters. The number of halogens is 2. The summed E-state index contributed by atoms with van der Waals surface area (Å²) in [5.41, 5.74) is 1.08. The molecule has 1 saturated heterocycles. The predicted octanol–water partition coefficient (Wildman–Crippen LogP) is 2.68. The Balaban J connectivity index is 2.08. The number of nitrogens with zero attached hydrogens (tertiary/aromatic N) is 1. The third-order valence-corrected chi connectivity index (χ3v) is 3.08. The highest BCUT2D eigenvalue weighted by atomic mass is 35.5. The molecule has 1 aromatic rings. The van der Waals surface area contributed by atoms with Crippen molar-refractivity contribution in [1.82, 2.24) is 10.3 Å². The average Bonchev–Trinajstić information content (AvgIpc) is 2.62. The van der Waals surface area contributed by atoms with Crippen LogP contribution in [0.25, 0.3) is 0 Å². The molecular formula is C10H12Cl2N2. The molecule has 1 aliphatic rings. The van der Waals surface area contributed by atoms with Crippen LogP contribution in [0.2, 0.25) is 10.2 Å². The molecule has 76 valence electrons. The maximum absolute atomic E-state index is 6.06. The molecule has 0 aliphatic carbocycles. The second-order valence-electron chi connectivity index (χ2n) is 3.60. The van der Waals surface area contributed by atoms with Gasteiger partial charge in [-0.15, -0.1) is 0 Å². The van der Waals surface area contributed by atoms with Crippen molar-refractivity contribution in [1.29, 1.82) is 0 Å². The SMILES string of the molecule is Clc1cc(Cl)c(CC2CCCN2)cn1. The highest BCUT2D eigenvalue weighted by Crippen LogP contribution is 2.21. The van der Waals surface area contributed by atoms with Gasteiger partial charge in [0.25, 0.3) is 0 Å². The molecule has 1 N–H and O–H groups in total. The van der Waals surface area contributed by atoms with E-state index >= 15 is 0 Å². The summed E-state index contributed by atoms with van der Waals surface area (Å²) in [6.45, 7) is 1.11. The molecular weight excluding hydrogens is 219 g/mol. The van der Waals surface area contributed by atoms with E-state index < -0.39 is 0 Å². The molecule has 0 radical (unpaired) electrons. The van der Waals surface area contributed by atoms with E-state index in [2.05, 4.69) is 10.3 Å². The fourth-order valence-corrected chi connectivity index (χ4v) is 2.23. The summed E-state index contributed by atoms with van der Waals surface area (Å²) >= 11 is 11.8. The lowest BCUT2D eigenvalue weighted by Gasteiger charge is -2.10. The van der Waals surface area contributed by atoms with Gasteiger partial charge >= 0.3 is 0 Å². The summed E-state index contributed by atoms with van der Waals surface area (Å²) < 4.78 is 0. The second kappa shape index (κ2) is 4.47. The Morgan fingerprint density at radius 2 is 2.36 bits per heavy atom. The first-order valence-electron chi connectivity index (χ1n) is 4.79. The van der Waals surface area contributed by atoms with Crippen LogP contribution in [0.3, 0.4) is 0 Å². The van der Waals surface area contributed by atoms with Crippen LogP contribution in [-0.2, 0) is 6.42 Å². The first kappa shape index (κ1) is 10.2. The minimum atomic E-state index is 0.457. The third-order valence-electron chi connectivity index (χ3n) is 2.52. The van der Waals surface area contributed by atoms with Gasteiger partial charge < -0.3 is 5.32 Å². The number of hydrogen-bond acceptors (Lipinski definition) is 2. The van der Waals surface area contributed by atoms with E-state index in [1.54, 1.807) is 12.3 Å². The van der Waals surface area contributed by atoms with Crippen LogP contribution in [0.1, 0.15) is 18.4 Å². The summed E-state index contributed by atoms with van der Waals surface area (Å²) in [6.07, 6.45) is 5.19. The van der Waals surface area contributed by atoms with E-state index in [9.17, 15) is 0 Å². The fourth-order valence-electron chi connectivity index (χ4n) is 1.78. The molecule has 2 rings (SSSR count). The molecule has 2 nitrogen and oxygen atoms in total. The fraction of sp³-hybridized carbons (Fsp3) is 0.500. The number of rotatable bonds is 2. The zero-order valence-corrected chi connectivity index (χ0v) is 9.28. The standard InChI is InChI=1S/C10H12Cl2N2/c11-9-5-10(12)14-6-7(9)4-8-2-1-3-13-8/h5-6,8,13H,1-4H2. The van der Waals surface area contributed by atoms with Crippen molar-refractivity contribution in [2.45, 2.75) is 25.3 Å². The molecule has 0 spiro atoms. The molecule has 1 atom stereocenters. The molecule has 0 bridgehead atoms. The monoisotopic (exact) mass is 230 g/mol. The maximum atomic E-state index is 6.06. The van der Waals surface area contributed by atoms with Gasteiger partial charge in [0.2, 0.25) is 0 Å². The van der Waals surface area contributed by atoms with Crippen LogP contribution in [0.5, 0.6) is 0 Å². The molecule has 1 aliphatic heterocycles. The van der Waals surface area contributed by atoms with Crippen molar-refractivity contribution in [3.8, 4) is 0 Å². The Labute approximate surface area is 93.6 Å². The van der Waals surface area contributed by atoms with Gasteiger partial charge in [0, 0.05) is 17.3 Å². The zero-order valence-electron chi connectivity index (χ0n) is 7.76. The van der Waals surface area contributed by atoms with Gasteiger partial charge in [-0.3, -0.25) is 0 Å². The molecule has 0 saturated carbocycles. The van der Waals surface area contributed by atoms with Crippen LogP contribution >= 0.6 is 23.2 Å². The average molecular weight is 231 g/mol. The minimum Gasteiger partial charge on any atom is -0.314 e. The van der Waals surface area contributed by atoms with Crippen LogP contribution in [0.4, 0.5) is 0 Å². The van der Waals surface area contributed by atoms with Crippen LogP contribution in [0, 0.1) is 0 Å². The zero-order chi connectivity index (χ0) is 9.97. The summed E-state index contributed by atoms with van der Waals surface area (Å²) in [5.74, 6) is 0. The maximum Gasteiger partial charge on any atom is 0.130 e. The third kappa shape index (κ3) is 2.38. The van der Waals surface area contributed by atoms with Crippen LogP contribution in [0.15, 0.2) is 12.3 Å². The van der Waals surface area contributed by atoms with Gasteiger partial charge in [0.1, 0.15) is 5.15 Å². The Bertz CT molecular complexity index is 322. The van der Waals surface area contributed by atoms with Gasteiger partial charge in [0.05, 0.1) is 0 Å². The van der Waals surface area contributed by atoms with E-state index in [1.807, 2.05) is 0 Å². The number of nitrogens with one attached hydrogen (secondary N) is 1. The summed E-state index contributed by atoms with van der Waals surface area (Å²) in [7, 11) is 0. The smallest absolute Gasteiger partial charge is 0.130 e. The van der Waals surface area contributed by atoms with E-state index in [0.29, 0.717) is 11.2 Å². The topological polar surface area (TPSA) is 24.9 Å². The van der Waals surface area contributed by atoms with Crippen LogP contribution in [-0.4, -0.2) is 17.6 Å². The Kier molecular flexibility index (Phi) is 3.26. The van der Waals surface area contributed by atoms with E-state index in [4.69, 9.17) is 23.2 Å². The second-order valence-corrected chi connectivity index (χ2v) is 4.39. The first-order chi connectivity index (χ1) is 6.75. The van der Waals surface area contributed by atoms with Crippen molar-refractivity contribution in [3.05, 3.63) is 28.0 Å². The Morgan fingerprint density at radius 3 is 3.00 bits per heavy atom. The predicted molar refractivity (Wildman–Crippen MR) is 59.0 cm³/mol. The van der Waals surface area contributed by atoms with Gasteiger partial charge in [-0.25, -0.2) is 4.98 Å². The van der Waals surface area contributed by atoms with Crippen molar-refractivity contribution >= 4 is 23.2 Å². The molecule has 0 amide bonds. The van der Waals surface area contributed by atoms with Gasteiger partial charge in [-0.2, -0.15) is 0 Å². The van der Waals surface area contributed by atoms with E-state index in [-0.39, 0.29) is 0 Å². The van der Waals surface area contributed by atoms with E-state index in [0.717, 1.165) is 23.6 Å². The number of pyridine rings is 1. The lowest BCUT2D eigenvalue weighted by Crippen LogP contribution is -2.23. The molecule has 1 aromatic heterocycles. The Hall–Kier alpha value is -0.310. The normalized spacial score (nSPS) is 21.4. The first-order valence-corrected chi connectivity index (χ1v) is 5.54. The lowest BCUT2D eigenvalue weighted by molar-refractivity contribution is 0.602. The highest BCUT2D eigenvalue weighted by molar-refractivity contribution is 6.34. The quantitative estimate of drug-likeness (QED) is 0.791. The highest BCUT2D eigenvalue weighted by Gasteiger charge is 2.15. The molecule has 0 aromatic carbocycles. The molecule has 14 heavy (non-hydrogen) atoms. The van der Waals surface area contributed by atoms with Crippen molar-refractivity contribution in [2.75, 3.05) is 6.54 Å². The lowest BCUT2D eigenvalue weighted by atomic mass is 10.1. The summed E-state index contributed by atoms with van der Waals surface area (Å²) in [4.78, 5) is 4.04. The van der Waals surface area contributed by atoms with Crippen LogP contribution < -0.4 is 5.32 Å². The molecule has 1 fully saturated rings. The summed E-state index contributed by atoms with van der Waals surface area (Å²) in [6, 6.07) is 2.25. The molecule has 4 heteroatoms. The van der Waals surface area contributed by atoms with Crippen molar-refractivity contribution in [3.63, 3.8) is 0 Å². The van der Waals surface area contributed by atoms with Crippen molar-refractivity contribution < 1.29 is 0 Å². The van der Waals surface area contributed by atoms with Crippen molar-refractivity contribution in [2.24, 2.45) is 0 Å². The van der Waals surface area contributed by atoms with Gasteiger partial charge in [-0.05, 0) is 37.4 Å². The van der Waals surface area contributed by atoms with Gasteiger partial charge in [0.15, 0.2) is 0 Å². The number of hydrogen-bond donors (Lipinski definition) is 1. The van der Waals surface area contributed by atoms with Gasteiger partial charge in [-0.1, -0.05) is 23.2 Å². The number of aromatic nitrogens is 1. The largest absolute Gasteiger partial charge is 0.314 e. The minimum absolute atomic E-state index is 0.457. The van der Waals surface area contributed by atoms with E-state index in [1.165, 1.54) is 12.8 Å². The molecule has 2 heterocycles.